The van der Waals surface area contributed by atoms with Gasteiger partial charge < -0.3 is 10.8 Å². The van der Waals surface area contributed by atoms with Gasteiger partial charge in [-0.2, -0.15) is 0 Å². The van der Waals surface area contributed by atoms with Gasteiger partial charge in [0.05, 0.1) is 5.69 Å². The molecule has 0 aliphatic rings. The molecule has 0 aliphatic heterocycles. The molecule has 1 aromatic rings. The molecule has 3 N–H and O–H groups in total. The zero-order valence-electron chi connectivity index (χ0n) is 10.8. The molecule has 96 valence electrons. The fourth-order valence-electron chi connectivity index (χ4n) is 1.81. The largest absolute Gasteiger partial charge is 0.396 e. The molecule has 0 fully saturated rings. The molecule has 17 heavy (non-hydrogen) atoms. The summed E-state index contributed by atoms with van der Waals surface area (Å²) in [6.45, 7) is 6.82. The SMILES string of the molecule is CCN(Cc1cccc(C)n1)CC(N)CCO. The maximum absolute atomic E-state index is 8.84. The number of nitrogens with two attached hydrogens (primary N) is 1. The van der Waals surface area contributed by atoms with E-state index in [9.17, 15) is 0 Å². The second-order valence-electron chi connectivity index (χ2n) is 4.37. The summed E-state index contributed by atoms with van der Waals surface area (Å²) in [5.74, 6) is 0. The van der Waals surface area contributed by atoms with E-state index < -0.39 is 0 Å². The van der Waals surface area contributed by atoms with Gasteiger partial charge in [-0.25, -0.2) is 0 Å². The topological polar surface area (TPSA) is 62.4 Å². The van der Waals surface area contributed by atoms with Crippen molar-refractivity contribution in [2.24, 2.45) is 5.73 Å². The number of hydrogen-bond acceptors (Lipinski definition) is 4. The molecule has 1 atom stereocenters. The Kier molecular flexibility index (Phi) is 6.11. The highest BCUT2D eigenvalue weighted by atomic mass is 16.3. The number of nitrogens with zero attached hydrogens (tertiary/aromatic N) is 2. The molecule has 0 bridgehead atoms. The van der Waals surface area contributed by atoms with Gasteiger partial charge in [0.15, 0.2) is 0 Å². The molecule has 0 saturated carbocycles. The average molecular weight is 237 g/mol. The van der Waals surface area contributed by atoms with Crippen molar-refractivity contribution in [3.8, 4) is 0 Å². The van der Waals surface area contributed by atoms with E-state index in [1.165, 1.54) is 0 Å². The Morgan fingerprint density at radius 3 is 2.82 bits per heavy atom. The summed E-state index contributed by atoms with van der Waals surface area (Å²) in [7, 11) is 0. The highest BCUT2D eigenvalue weighted by molar-refractivity contribution is 5.09. The summed E-state index contributed by atoms with van der Waals surface area (Å²) in [6, 6.07) is 6.09. The molecule has 0 spiro atoms. The minimum atomic E-state index is 0.0322. The minimum absolute atomic E-state index is 0.0322. The highest BCUT2D eigenvalue weighted by Crippen LogP contribution is 2.04. The number of pyridine rings is 1. The van der Waals surface area contributed by atoms with Gasteiger partial charge in [0, 0.05) is 31.4 Å². The first-order valence-corrected chi connectivity index (χ1v) is 6.17. The molecule has 1 rings (SSSR count). The average Bonchev–Trinajstić information content (AvgIpc) is 2.28. The van der Waals surface area contributed by atoms with Gasteiger partial charge in [0.25, 0.3) is 0 Å². The lowest BCUT2D eigenvalue weighted by molar-refractivity contribution is 0.224. The molecule has 4 nitrogen and oxygen atoms in total. The van der Waals surface area contributed by atoms with Crippen LogP contribution in [-0.2, 0) is 6.54 Å². The van der Waals surface area contributed by atoms with Crippen LogP contribution in [0.5, 0.6) is 0 Å². The Morgan fingerprint density at radius 2 is 2.24 bits per heavy atom. The van der Waals surface area contributed by atoms with Gasteiger partial charge in [0.2, 0.25) is 0 Å². The van der Waals surface area contributed by atoms with Gasteiger partial charge in [0.1, 0.15) is 0 Å². The number of aryl methyl sites for hydroxylation is 1. The van der Waals surface area contributed by atoms with E-state index in [2.05, 4.69) is 16.8 Å². The van der Waals surface area contributed by atoms with Gasteiger partial charge in [-0.15, -0.1) is 0 Å². The number of likely N-dealkylation sites (N-methyl/N-ethyl adjacent to an activating group) is 1. The minimum Gasteiger partial charge on any atom is -0.396 e. The highest BCUT2D eigenvalue weighted by Gasteiger charge is 2.09. The van der Waals surface area contributed by atoms with Crippen molar-refractivity contribution in [2.75, 3.05) is 19.7 Å². The van der Waals surface area contributed by atoms with Crippen LogP contribution in [0.15, 0.2) is 18.2 Å². The Morgan fingerprint density at radius 1 is 1.47 bits per heavy atom. The van der Waals surface area contributed by atoms with Crippen LogP contribution in [0.1, 0.15) is 24.7 Å². The predicted octanol–water partition coefficient (Wildman–Crippen LogP) is 0.922. The summed E-state index contributed by atoms with van der Waals surface area (Å²) in [5, 5.41) is 8.84. The van der Waals surface area contributed by atoms with Crippen molar-refractivity contribution in [1.29, 1.82) is 0 Å². The van der Waals surface area contributed by atoms with Gasteiger partial charge in [-0.3, -0.25) is 9.88 Å². The van der Waals surface area contributed by atoms with E-state index in [1.807, 2.05) is 25.1 Å². The zero-order chi connectivity index (χ0) is 12.7. The summed E-state index contributed by atoms with van der Waals surface area (Å²) < 4.78 is 0. The van der Waals surface area contributed by atoms with Crippen LogP contribution in [0, 0.1) is 6.92 Å². The van der Waals surface area contributed by atoms with E-state index in [4.69, 9.17) is 10.8 Å². The van der Waals surface area contributed by atoms with E-state index in [1.54, 1.807) is 0 Å². The first-order chi connectivity index (χ1) is 8.15. The predicted molar refractivity (Wildman–Crippen MR) is 69.6 cm³/mol. The zero-order valence-corrected chi connectivity index (χ0v) is 10.8. The molecule has 1 unspecified atom stereocenters. The lowest BCUT2D eigenvalue weighted by Crippen LogP contribution is -2.37. The van der Waals surface area contributed by atoms with Crippen LogP contribution >= 0.6 is 0 Å². The van der Waals surface area contributed by atoms with Crippen molar-refractivity contribution in [1.82, 2.24) is 9.88 Å². The number of aliphatic hydroxyl groups is 1. The van der Waals surface area contributed by atoms with Crippen LogP contribution in [0.3, 0.4) is 0 Å². The van der Waals surface area contributed by atoms with Crippen molar-refractivity contribution < 1.29 is 5.11 Å². The number of aliphatic hydroxyl groups excluding tert-OH is 1. The smallest absolute Gasteiger partial charge is 0.0547 e. The molecule has 1 heterocycles. The van der Waals surface area contributed by atoms with E-state index >= 15 is 0 Å². The third kappa shape index (κ3) is 5.26. The van der Waals surface area contributed by atoms with Crippen LogP contribution in [0.25, 0.3) is 0 Å². The van der Waals surface area contributed by atoms with Crippen LogP contribution in [-0.4, -0.2) is 40.7 Å². The maximum atomic E-state index is 8.84. The molecule has 0 amide bonds. The van der Waals surface area contributed by atoms with Gasteiger partial charge in [-0.1, -0.05) is 13.0 Å². The molecular weight excluding hydrogens is 214 g/mol. The first kappa shape index (κ1) is 14.1. The Hall–Kier alpha value is -0.970. The lowest BCUT2D eigenvalue weighted by Gasteiger charge is -2.23. The Labute approximate surface area is 103 Å². The van der Waals surface area contributed by atoms with E-state index in [0.717, 1.165) is 31.0 Å². The molecule has 0 aliphatic carbocycles. The second-order valence-corrected chi connectivity index (χ2v) is 4.37. The number of aromatic nitrogens is 1. The summed E-state index contributed by atoms with van der Waals surface area (Å²) >= 11 is 0. The van der Waals surface area contributed by atoms with E-state index in [-0.39, 0.29) is 12.6 Å². The van der Waals surface area contributed by atoms with Crippen LogP contribution in [0.2, 0.25) is 0 Å². The van der Waals surface area contributed by atoms with Crippen molar-refractivity contribution in [3.63, 3.8) is 0 Å². The van der Waals surface area contributed by atoms with Gasteiger partial charge >= 0.3 is 0 Å². The standard InChI is InChI=1S/C13H23N3O/c1-3-16(9-12(14)7-8-17)10-13-6-4-5-11(2)15-13/h4-6,12,17H,3,7-10,14H2,1-2H3. The third-order valence-electron chi connectivity index (χ3n) is 2.77. The summed E-state index contributed by atoms with van der Waals surface area (Å²) in [5.41, 5.74) is 8.03. The molecule has 0 radical (unpaired) electrons. The van der Waals surface area contributed by atoms with Gasteiger partial charge in [-0.05, 0) is 32.0 Å². The van der Waals surface area contributed by atoms with Crippen molar-refractivity contribution in [2.45, 2.75) is 32.9 Å². The van der Waals surface area contributed by atoms with E-state index in [0.29, 0.717) is 6.42 Å². The lowest BCUT2D eigenvalue weighted by atomic mass is 10.2. The van der Waals surface area contributed by atoms with Crippen LogP contribution < -0.4 is 5.73 Å². The third-order valence-corrected chi connectivity index (χ3v) is 2.77. The van der Waals surface area contributed by atoms with Crippen LogP contribution in [0.4, 0.5) is 0 Å². The van der Waals surface area contributed by atoms with Crippen molar-refractivity contribution >= 4 is 0 Å². The molecule has 4 heteroatoms. The summed E-state index contributed by atoms with van der Waals surface area (Å²) in [4.78, 5) is 6.73. The Bertz CT molecular complexity index is 330. The molecular formula is C13H23N3O. The van der Waals surface area contributed by atoms with Crippen molar-refractivity contribution in [3.05, 3.63) is 29.6 Å². The number of rotatable bonds is 7. The summed E-state index contributed by atoms with van der Waals surface area (Å²) in [6.07, 6.45) is 0.651. The fourth-order valence-corrected chi connectivity index (χ4v) is 1.81. The normalized spacial score (nSPS) is 13.0. The quantitative estimate of drug-likeness (QED) is 0.740. The number of hydrogen-bond donors (Lipinski definition) is 2. The first-order valence-electron chi connectivity index (χ1n) is 6.17. The molecule has 1 aromatic heterocycles. The molecule has 0 saturated heterocycles. The monoisotopic (exact) mass is 237 g/mol. The second kappa shape index (κ2) is 7.37. The Balaban J connectivity index is 2.51. The maximum Gasteiger partial charge on any atom is 0.0547 e. The molecule has 0 aromatic carbocycles. The fraction of sp³-hybridized carbons (Fsp3) is 0.615.